The molecule has 3 rings (SSSR count). The lowest BCUT2D eigenvalue weighted by Gasteiger charge is -2.20. The van der Waals surface area contributed by atoms with Gasteiger partial charge in [0.05, 0.1) is 0 Å². The Labute approximate surface area is 159 Å². The zero-order chi connectivity index (χ0) is 19.0. The molecular formula is C21H19N4OP. The molecule has 0 amide bonds. The maximum atomic E-state index is 10.7. The summed E-state index contributed by atoms with van der Waals surface area (Å²) >= 11 is 0. The van der Waals surface area contributed by atoms with Gasteiger partial charge in [-0.2, -0.15) is 0 Å². The number of nitrogens with zero attached hydrogens (tertiary/aromatic N) is 2. The summed E-state index contributed by atoms with van der Waals surface area (Å²) < 4.78 is 0. The molecule has 3 aromatic carbocycles. The molecule has 0 aliphatic carbocycles. The molecule has 134 valence electrons. The highest BCUT2D eigenvalue weighted by molar-refractivity contribution is 7.94. The summed E-state index contributed by atoms with van der Waals surface area (Å²) in [6, 6.07) is 30.3. The summed E-state index contributed by atoms with van der Waals surface area (Å²) in [5.41, 5.74) is 2.65. The summed E-state index contributed by atoms with van der Waals surface area (Å²) in [4.78, 5) is 4.76. The Morgan fingerprint density at radius 2 is 1.19 bits per heavy atom. The molecule has 0 fully saturated rings. The van der Waals surface area contributed by atoms with Crippen LogP contribution in [0.15, 0.2) is 113 Å². The molecule has 2 N–H and O–H groups in total. The quantitative estimate of drug-likeness (QED) is 0.219. The van der Waals surface area contributed by atoms with Gasteiger partial charge in [-0.25, -0.2) is 0 Å². The van der Waals surface area contributed by atoms with Crippen molar-refractivity contribution in [3.8, 4) is 0 Å². The largest absolute Gasteiger partial charge is 0.859 e. The number of nitrogens with one attached hydrogen (secondary N) is 2. The van der Waals surface area contributed by atoms with Crippen LogP contribution in [0.3, 0.4) is 0 Å². The van der Waals surface area contributed by atoms with E-state index < -0.39 is 13.3 Å². The Kier molecular flexibility index (Phi) is 6.08. The number of benzene rings is 3. The minimum atomic E-state index is -2.39. The third-order valence-electron chi connectivity index (χ3n) is 3.94. The van der Waals surface area contributed by atoms with Crippen LogP contribution < -0.4 is 26.4 Å². The molecule has 0 radical (unpaired) electrons. The molecule has 6 heteroatoms. The van der Waals surface area contributed by atoms with Crippen molar-refractivity contribution < 1.29 is 5.11 Å². The molecule has 27 heavy (non-hydrogen) atoms. The van der Waals surface area contributed by atoms with Gasteiger partial charge < -0.3 is 10.5 Å². The lowest BCUT2D eigenvalue weighted by molar-refractivity contribution is -0.213. The van der Waals surface area contributed by atoms with Crippen molar-refractivity contribution in [2.45, 2.75) is 0 Å². The first-order valence-electron chi connectivity index (χ1n) is 8.39. The fourth-order valence-electron chi connectivity index (χ4n) is 2.77. The molecule has 0 unspecified atom stereocenters. The van der Waals surface area contributed by atoms with E-state index in [1.54, 1.807) is 0 Å². The Morgan fingerprint density at radius 3 is 1.56 bits per heavy atom. The number of rotatable bonds is 7. The summed E-state index contributed by atoms with van der Waals surface area (Å²) in [7, 11) is -2.39. The predicted molar refractivity (Wildman–Crippen MR) is 110 cm³/mol. The van der Waals surface area contributed by atoms with Crippen molar-refractivity contribution in [3.63, 3.8) is 0 Å². The summed E-state index contributed by atoms with van der Waals surface area (Å²) in [6.45, 7) is 0. The van der Waals surface area contributed by atoms with Crippen molar-refractivity contribution >= 4 is 29.2 Å². The molecular weight excluding hydrogens is 355 g/mol. The van der Waals surface area contributed by atoms with E-state index in [4.69, 9.17) is 10.3 Å². The standard InChI is InChI=1S/C21H19N4OP/c22-21(26)16-17-23-24-25-27(18-10-4-1-5-11-18,19-12-6-2-7-13-19)20-14-8-3-9-15-20/h1-17H,(H2-,22,23,25,26). The van der Waals surface area contributed by atoms with Crippen LogP contribution in [0.5, 0.6) is 0 Å². The second-order valence-electron chi connectivity index (χ2n) is 5.66. The molecule has 0 heterocycles. The van der Waals surface area contributed by atoms with Crippen molar-refractivity contribution in [1.29, 1.82) is 5.41 Å². The minimum Gasteiger partial charge on any atom is -0.859 e. The maximum Gasteiger partial charge on any atom is 0.255 e. The highest BCUT2D eigenvalue weighted by Crippen LogP contribution is 2.56. The van der Waals surface area contributed by atoms with E-state index >= 15 is 0 Å². The third-order valence-corrected chi connectivity index (χ3v) is 7.43. The van der Waals surface area contributed by atoms with Gasteiger partial charge in [0, 0.05) is 11.1 Å². The van der Waals surface area contributed by atoms with Crippen LogP contribution in [-0.4, -0.2) is 5.90 Å². The summed E-state index contributed by atoms with van der Waals surface area (Å²) in [6.07, 6.45) is 2.40. The first-order chi connectivity index (χ1) is 13.2. The van der Waals surface area contributed by atoms with E-state index in [0.717, 1.165) is 22.0 Å². The molecule has 0 spiro atoms. The fraction of sp³-hybridized carbons (Fsp3) is 0. The van der Waals surface area contributed by atoms with Gasteiger partial charge in [-0.05, 0) is 53.6 Å². The summed E-state index contributed by atoms with van der Waals surface area (Å²) in [5, 5.41) is 25.0. The first kappa shape index (κ1) is 18.5. The van der Waals surface area contributed by atoms with Crippen LogP contribution in [0.1, 0.15) is 0 Å². The highest BCUT2D eigenvalue weighted by atomic mass is 31.2. The fourth-order valence-corrected chi connectivity index (χ4v) is 5.97. The van der Waals surface area contributed by atoms with Crippen molar-refractivity contribution in [1.82, 2.24) is 5.43 Å². The van der Waals surface area contributed by atoms with Crippen LogP contribution in [-0.2, 0) is 0 Å². The molecule has 0 aromatic heterocycles. The van der Waals surface area contributed by atoms with Gasteiger partial charge in [0.2, 0.25) is 0 Å². The van der Waals surface area contributed by atoms with E-state index in [2.05, 4.69) is 47.0 Å². The van der Waals surface area contributed by atoms with E-state index in [1.165, 1.54) is 6.20 Å². The van der Waals surface area contributed by atoms with E-state index in [1.807, 2.05) is 54.6 Å². The van der Waals surface area contributed by atoms with Crippen molar-refractivity contribution in [2.75, 3.05) is 0 Å². The van der Waals surface area contributed by atoms with Gasteiger partial charge in [-0.3, -0.25) is 5.43 Å². The molecule has 0 saturated carbocycles. The van der Waals surface area contributed by atoms with Gasteiger partial charge in [0.15, 0.2) is 0 Å². The normalized spacial score (nSPS) is 11.7. The average molecular weight is 374 g/mol. The van der Waals surface area contributed by atoms with E-state index in [0.29, 0.717) is 0 Å². The van der Waals surface area contributed by atoms with Crippen LogP contribution in [0.25, 0.3) is 0 Å². The van der Waals surface area contributed by atoms with Gasteiger partial charge in [0.1, 0.15) is 15.9 Å². The predicted octanol–water partition coefficient (Wildman–Crippen LogP) is 2.70. The highest BCUT2D eigenvalue weighted by Gasteiger charge is 2.47. The van der Waals surface area contributed by atoms with Crippen LogP contribution in [0, 0.1) is 5.41 Å². The molecule has 0 saturated heterocycles. The van der Waals surface area contributed by atoms with Crippen molar-refractivity contribution in [2.24, 2.45) is 10.1 Å². The molecule has 0 atom stereocenters. The lowest BCUT2D eigenvalue weighted by Crippen LogP contribution is -2.29. The number of hydrogen-bond donors (Lipinski definition) is 2. The van der Waals surface area contributed by atoms with Gasteiger partial charge in [-0.1, -0.05) is 54.6 Å². The lowest BCUT2D eigenvalue weighted by atomic mass is 10.4. The summed E-state index contributed by atoms with van der Waals surface area (Å²) in [5.74, 6) is -0.798. The van der Waals surface area contributed by atoms with Gasteiger partial charge >= 0.3 is 0 Å². The molecule has 0 aliphatic rings. The molecule has 0 bridgehead atoms. The molecule has 3 aromatic rings. The topological polar surface area (TPSA) is 83.7 Å². The third kappa shape index (κ3) is 4.27. The second-order valence-corrected chi connectivity index (χ2v) is 8.66. The first-order valence-corrected chi connectivity index (χ1v) is 10.1. The number of hydrogen-bond acceptors (Lipinski definition) is 4. The Balaban J connectivity index is 2.17. The van der Waals surface area contributed by atoms with Crippen molar-refractivity contribution in [3.05, 3.63) is 103 Å². The SMILES string of the molecule is N=C([O-])/C=C/N/N=N/[P+](c1ccccc1)(c1ccccc1)c1ccccc1. The zero-order valence-corrected chi connectivity index (χ0v) is 15.5. The van der Waals surface area contributed by atoms with Gasteiger partial charge in [-0.15, -0.1) is 0 Å². The Hall–Kier alpha value is -3.30. The average Bonchev–Trinajstić information content (AvgIpc) is 2.73. The van der Waals surface area contributed by atoms with Gasteiger partial charge in [0.25, 0.3) is 7.41 Å². The molecule has 0 aliphatic heterocycles. The van der Waals surface area contributed by atoms with E-state index in [-0.39, 0.29) is 0 Å². The minimum absolute atomic E-state index is 0.798. The van der Waals surface area contributed by atoms with Crippen LogP contribution >= 0.6 is 7.41 Å². The van der Waals surface area contributed by atoms with Crippen LogP contribution in [0.2, 0.25) is 0 Å². The smallest absolute Gasteiger partial charge is 0.255 e. The Bertz CT molecular complexity index is 832. The maximum absolute atomic E-state index is 10.7. The van der Waals surface area contributed by atoms with Crippen LogP contribution in [0.4, 0.5) is 0 Å². The Morgan fingerprint density at radius 1 is 0.778 bits per heavy atom. The molecule has 5 nitrogen and oxygen atoms in total. The zero-order valence-electron chi connectivity index (χ0n) is 14.6. The second kappa shape index (κ2) is 8.88. The van der Waals surface area contributed by atoms with E-state index in [9.17, 15) is 5.11 Å². The monoisotopic (exact) mass is 374 g/mol.